The molecule has 0 unspecified atom stereocenters. The zero-order valence-corrected chi connectivity index (χ0v) is 7.91. The van der Waals surface area contributed by atoms with Crippen LogP contribution in [0, 0.1) is 0 Å². The first-order valence-electron chi connectivity index (χ1n) is 0.408. The van der Waals surface area contributed by atoms with E-state index in [4.69, 9.17) is 0 Å². The molecule has 0 aromatic rings. The molecule has 0 nitrogen and oxygen atoms in total. The molecule has 0 bridgehead atoms. The Kier molecular flexibility index (Phi) is 108. The standard InChI is InChI=1S/H2S.2S.2Ti/h1H2;;;;/q;;;;+1/p-1. The van der Waals surface area contributed by atoms with Crippen LogP contribution in [-0.2, 0) is 50.7 Å². The number of rotatable bonds is 0. The average Bonchev–Trinajstić information content (AvgIpc) is 1.50. The molecule has 27 valence electrons. The first-order chi connectivity index (χ1) is 2.00. The molecule has 0 heterocycles. The second kappa shape index (κ2) is 34.4. The quantitative estimate of drug-likeness (QED) is 0.320. The number of hydrogen-bond acceptors (Lipinski definition) is 3. The van der Waals surface area contributed by atoms with Crippen LogP contribution >= 0.6 is 19.4 Å². The number of hydrogen-bond donors (Lipinski definition) is 0. The first kappa shape index (κ1) is 15.7. The Morgan fingerprint density at radius 2 is 1.20 bits per heavy atom. The van der Waals surface area contributed by atoms with Gasteiger partial charge in [-0.3, -0.25) is 0 Å². The van der Waals surface area contributed by atoms with Crippen molar-refractivity contribution in [3.05, 3.63) is 0 Å². The summed E-state index contributed by atoms with van der Waals surface area (Å²) < 4.78 is 0. The van der Waals surface area contributed by atoms with Gasteiger partial charge in [0.05, 0.1) is 0 Å². The summed E-state index contributed by atoms with van der Waals surface area (Å²) in [5, 5.41) is 0. The SMILES string of the molecule is [SH-].[S]=[Ti+].[S]=[Ti]. The molecule has 0 N–H and O–H groups in total. The van der Waals surface area contributed by atoms with Crippen molar-refractivity contribution in [2.24, 2.45) is 0 Å². The third kappa shape index (κ3) is 22.5. The van der Waals surface area contributed by atoms with E-state index in [0.717, 1.165) is 0 Å². The van der Waals surface area contributed by atoms with Crippen molar-refractivity contribution in [2.45, 2.75) is 0 Å². The Balaban J connectivity index is -0.0000000133. The monoisotopic (exact) mass is 193 g/mol. The van der Waals surface area contributed by atoms with Gasteiger partial charge in [0, 0.05) is 0 Å². The van der Waals surface area contributed by atoms with E-state index in [1.165, 1.54) is 0 Å². The molecule has 0 aliphatic heterocycles. The first-order valence-corrected chi connectivity index (χ1v) is 5.05. The fraction of sp³-hybridized carbons (Fsp3) is 0. The maximum absolute atomic E-state index is 4.08. The van der Waals surface area contributed by atoms with Gasteiger partial charge >= 0.3 is 56.6 Å². The minimum absolute atomic E-state index is 0. The number of thiol groups is 1. The third-order valence-electron chi connectivity index (χ3n) is 0. The summed E-state index contributed by atoms with van der Waals surface area (Å²) in [5.41, 5.74) is 0. The zero-order valence-electron chi connectivity index (χ0n) is 2.26. The average molecular weight is 193 g/mol. The van der Waals surface area contributed by atoms with E-state index < -0.39 is 0 Å². The second-order valence-corrected chi connectivity index (χ2v) is 0. The molecule has 5 heavy (non-hydrogen) atoms. The molecule has 0 fully saturated rings. The summed E-state index contributed by atoms with van der Waals surface area (Å²) in [6.45, 7) is 0. The second-order valence-electron chi connectivity index (χ2n) is 0. The molecule has 0 aromatic heterocycles. The molecule has 0 aliphatic carbocycles. The molecule has 0 aliphatic rings. The third-order valence-corrected chi connectivity index (χ3v) is 0. The molecule has 0 amide bonds. The van der Waals surface area contributed by atoms with Gasteiger partial charge in [0.2, 0.25) is 0 Å². The van der Waals surface area contributed by atoms with Crippen LogP contribution in [0.1, 0.15) is 0 Å². The van der Waals surface area contributed by atoms with Crippen molar-refractivity contribution in [3.8, 4) is 0 Å². The Morgan fingerprint density at radius 3 is 1.20 bits per heavy atom. The summed E-state index contributed by atoms with van der Waals surface area (Å²) >= 11 is 3.17. The van der Waals surface area contributed by atoms with Gasteiger partial charge in [-0.25, -0.2) is 0 Å². The van der Waals surface area contributed by atoms with Crippen LogP contribution in [0.25, 0.3) is 0 Å². The summed E-state index contributed by atoms with van der Waals surface area (Å²) in [6.07, 6.45) is 0. The normalized spacial score (nSPS) is 1.80. The topological polar surface area (TPSA) is 0 Å². The van der Waals surface area contributed by atoms with Crippen molar-refractivity contribution < 1.29 is 37.2 Å². The summed E-state index contributed by atoms with van der Waals surface area (Å²) in [6, 6.07) is 0. The molecule has 0 aromatic carbocycles. The molecule has 0 rings (SSSR count). The van der Waals surface area contributed by atoms with Gasteiger partial charge in [-0.15, -0.1) is 0 Å². The van der Waals surface area contributed by atoms with Gasteiger partial charge in [0.1, 0.15) is 0 Å². The molecular formula is HS3Ti2. The molecule has 5 heteroatoms. The molecule has 0 saturated carbocycles. The van der Waals surface area contributed by atoms with E-state index >= 15 is 0 Å². The van der Waals surface area contributed by atoms with Crippen LogP contribution in [0.4, 0.5) is 0 Å². The maximum atomic E-state index is 4.08. The molecular weight excluding hydrogens is 192 g/mol. The van der Waals surface area contributed by atoms with Crippen molar-refractivity contribution in [2.75, 3.05) is 0 Å². The van der Waals surface area contributed by atoms with Crippen molar-refractivity contribution in [1.82, 2.24) is 0 Å². The van der Waals surface area contributed by atoms with Gasteiger partial charge < -0.3 is 13.5 Å². The van der Waals surface area contributed by atoms with Crippen LogP contribution in [0.3, 0.4) is 0 Å². The van der Waals surface area contributed by atoms with E-state index in [2.05, 4.69) is 19.4 Å². The van der Waals surface area contributed by atoms with E-state index in [1.807, 2.05) is 0 Å². The van der Waals surface area contributed by atoms with Crippen LogP contribution in [-0.4, -0.2) is 0 Å². The fourth-order valence-corrected chi connectivity index (χ4v) is 0. The van der Waals surface area contributed by atoms with E-state index in [1.54, 1.807) is 37.2 Å². The zero-order chi connectivity index (χ0) is 4.00. The molecule has 0 radical (unpaired) electrons. The Morgan fingerprint density at radius 1 is 1.20 bits per heavy atom. The Bertz CT molecular complexity index is 6.85. The van der Waals surface area contributed by atoms with Crippen LogP contribution < -0.4 is 0 Å². The fourth-order valence-electron chi connectivity index (χ4n) is 0. The molecule has 0 atom stereocenters. The van der Waals surface area contributed by atoms with Gasteiger partial charge in [-0.2, -0.15) is 0 Å². The van der Waals surface area contributed by atoms with Gasteiger partial charge in [0.15, 0.2) is 0 Å². The summed E-state index contributed by atoms with van der Waals surface area (Å²) in [4.78, 5) is 0. The Labute approximate surface area is 69.1 Å². The van der Waals surface area contributed by atoms with Crippen LogP contribution in [0.15, 0.2) is 0 Å². The van der Waals surface area contributed by atoms with Crippen LogP contribution in [0.2, 0.25) is 0 Å². The molecule has 0 spiro atoms. The predicted octanol–water partition coefficient (Wildman–Crippen LogP) is 1.02. The van der Waals surface area contributed by atoms with Crippen molar-refractivity contribution in [1.29, 1.82) is 0 Å². The summed E-state index contributed by atoms with van der Waals surface area (Å²) in [7, 11) is 8.17. The van der Waals surface area contributed by atoms with Crippen LogP contribution in [0.5, 0.6) is 0 Å². The molecule has 0 saturated heterocycles. The van der Waals surface area contributed by atoms with E-state index in [9.17, 15) is 0 Å². The van der Waals surface area contributed by atoms with Crippen molar-refractivity contribution >= 4 is 32.9 Å². The minimum atomic E-state index is 0. The Hall–Kier alpha value is 2.22. The van der Waals surface area contributed by atoms with Gasteiger partial charge in [0.25, 0.3) is 0 Å². The summed E-state index contributed by atoms with van der Waals surface area (Å²) in [5.74, 6) is 0. The van der Waals surface area contributed by atoms with Gasteiger partial charge in [-0.1, -0.05) is 0 Å². The van der Waals surface area contributed by atoms with E-state index in [0.29, 0.717) is 0 Å². The van der Waals surface area contributed by atoms with E-state index in [-0.39, 0.29) is 13.5 Å². The van der Waals surface area contributed by atoms with Gasteiger partial charge in [-0.05, 0) is 0 Å². The van der Waals surface area contributed by atoms with Crippen molar-refractivity contribution in [3.63, 3.8) is 0 Å². The predicted molar refractivity (Wildman–Crippen MR) is 23.9 cm³/mol.